The maximum Gasteiger partial charge on any atom is 0.185 e. The molecular weight excluding hydrogens is 198 g/mol. The van der Waals surface area contributed by atoms with Crippen LogP contribution >= 0.6 is 0 Å². The van der Waals surface area contributed by atoms with E-state index in [-0.39, 0.29) is 5.96 Å². The van der Waals surface area contributed by atoms with E-state index in [4.69, 9.17) is 11.1 Å². The molecule has 4 N–H and O–H groups in total. The Morgan fingerprint density at radius 2 is 2.00 bits per heavy atom. The molecule has 0 heterocycles. The quantitative estimate of drug-likeness (QED) is 0.532. The van der Waals surface area contributed by atoms with Gasteiger partial charge in [-0.25, -0.2) is 0 Å². The van der Waals surface area contributed by atoms with Gasteiger partial charge in [-0.2, -0.15) is 0 Å². The van der Waals surface area contributed by atoms with E-state index in [2.05, 4.69) is 23.5 Å². The molecule has 86 valence electrons. The zero-order valence-electron chi connectivity index (χ0n) is 9.55. The lowest BCUT2D eigenvalue weighted by Crippen LogP contribution is -2.31. The van der Waals surface area contributed by atoms with Crippen molar-refractivity contribution in [3.8, 4) is 0 Å². The zero-order chi connectivity index (χ0) is 11.4. The van der Waals surface area contributed by atoms with Crippen LogP contribution < -0.4 is 11.1 Å². The van der Waals surface area contributed by atoms with Gasteiger partial charge in [0.15, 0.2) is 5.96 Å². The van der Waals surface area contributed by atoms with Crippen LogP contribution in [0.1, 0.15) is 29.5 Å². The van der Waals surface area contributed by atoms with Crippen molar-refractivity contribution in [3.05, 3.63) is 34.9 Å². The number of guanidine groups is 1. The molecule has 1 aliphatic rings. The van der Waals surface area contributed by atoms with Crippen molar-refractivity contribution in [2.45, 2.75) is 32.1 Å². The van der Waals surface area contributed by atoms with Gasteiger partial charge in [0, 0.05) is 6.54 Å². The van der Waals surface area contributed by atoms with Crippen molar-refractivity contribution in [2.24, 2.45) is 5.73 Å². The number of nitrogens with two attached hydrogens (primary N) is 1. The topological polar surface area (TPSA) is 61.9 Å². The van der Waals surface area contributed by atoms with E-state index in [1.54, 1.807) is 0 Å². The fourth-order valence-electron chi connectivity index (χ4n) is 2.28. The van der Waals surface area contributed by atoms with Gasteiger partial charge in [-0.1, -0.05) is 18.2 Å². The van der Waals surface area contributed by atoms with Crippen molar-refractivity contribution in [2.75, 3.05) is 6.54 Å². The fourth-order valence-corrected chi connectivity index (χ4v) is 2.28. The van der Waals surface area contributed by atoms with Gasteiger partial charge in [-0.3, -0.25) is 5.41 Å². The Hall–Kier alpha value is -1.51. The summed E-state index contributed by atoms with van der Waals surface area (Å²) >= 11 is 0. The molecule has 3 nitrogen and oxygen atoms in total. The van der Waals surface area contributed by atoms with Crippen LogP contribution in [0, 0.1) is 5.41 Å². The van der Waals surface area contributed by atoms with Crippen LogP contribution in [0.3, 0.4) is 0 Å². The number of rotatable bonds is 3. The molecule has 1 aromatic carbocycles. The molecule has 1 aromatic rings. The third-order valence-corrected chi connectivity index (χ3v) is 3.14. The minimum atomic E-state index is 0.0537. The standard InChI is InChI=1S/C13H19N3/c14-13(15)16-8-7-10-5-6-11-3-1-2-4-12(11)9-10/h5-6,9H,1-4,7-8H2,(H4,14,15,16). The summed E-state index contributed by atoms with van der Waals surface area (Å²) in [6, 6.07) is 6.78. The summed E-state index contributed by atoms with van der Waals surface area (Å²) < 4.78 is 0. The molecule has 16 heavy (non-hydrogen) atoms. The van der Waals surface area contributed by atoms with E-state index in [1.807, 2.05) is 0 Å². The first kappa shape index (κ1) is 11.0. The highest BCUT2D eigenvalue weighted by Gasteiger charge is 2.08. The molecule has 0 radical (unpaired) electrons. The number of fused-ring (bicyclic) bond motifs is 1. The predicted molar refractivity (Wildman–Crippen MR) is 66.7 cm³/mol. The molecule has 0 unspecified atom stereocenters. The van der Waals surface area contributed by atoms with Gasteiger partial charge >= 0.3 is 0 Å². The lowest BCUT2D eigenvalue weighted by molar-refractivity contribution is 0.683. The molecular formula is C13H19N3. The minimum Gasteiger partial charge on any atom is -0.370 e. The van der Waals surface area contributed by atoms with Gasteiger partial charge in [0.2, 0.25) is 0 Å². The van der Waals surface area contributed by atoms with Crippen LogP contribution in [0.4, 0.5) is 0 Å². The Morgan fingerprint density at radius 1 is 1.25 bits per heavy atom. The highest BCUT2D eigenvalue weighted by Crippen LogP contribution is 2.22. The summed E-state index contributed by atoms with van der Waals surface area (Å²) in [6.45, 7) is 0.744. The van der Waals surface area contributed by atoms with E-state index < -0.39 is 0 Å². The zero-order valence-corrected chi connectivity index (χ0v) is 9.55. The average Bonchev–Trinajstić information content (AvgIpc) is 2.28. The van der Waals surface area contributed by atoms with Crippen LogP contribution in [-0.2, 0) is 19.3 Å². The summed E-state index contributed by atoms with van der Waals surface area (Å²) in [5.74, 6) is 0.0537. The van der Waals surface area contributed by atoms with Crippen LogP contribution in [-0.4, -0.2) is 12.5 Å². The predicted octanol–water partition coefficient (Wildman–Crippen LogP) is 1.59. The Bertz CT molecular complexity index is 385. The third-order valence-electron chi connectivity index (χ3n) is 3.14. The number of aryl methyl sites for hydroxylation is 2. The van der Waals surface area contributed by atoms with Crippen molar-refractivity contribution in [3.63, 3.8) is 0 Å². The smallest absolute Gasteiger partial charge is 0.185 e. The molecule has 3 heteroatoms. The normalized spacial score (nSPS) is 14.2. The molecule has 0 aromatic heterocycles. The molecule has 0 spiro atoms. The number of hydrogen-bond acceptors (Lipinski definition) is 1. The van der Waals surface area contributed by atoms with Gasteiger partial charge in [-0.15, -0.1) is 0 Å². The summed E-state index contributed by atoms with van der Waals surface area (Å²) in [6.07, 6.45) is 6.05. The molecule has 0 bridgehead atoms. The maximum atomic E-state index is 7.08. The summed E-state index contributed by atoms with van der Waals surface area (Å²) in [5.41, 5.74) is 9.62. The second-order valence-corrected chi connectivity index (χ2v) is 4.40. The van der Waals surface area contributed by atoms with Crippen LogP contribution in [0.25, 0.3) is 0 Å². The first-order chi connectivity index (χ1) is 7.75. The number of hydrogen-bond donors (Lipinski definition) is 3. The second kappa shape index (κ2) is 5.01. The Morgan fingerprint density at radius 3 is 2.75 bits per heavy atom. The Kier molecular flexibility index (Phi) is 3.44. The van der Waals surface area contributed by atoms with Gasteiger partial charge in [0.05, 0.1) is 0 Å². The molecule has 2 rings (SSSR count). The van der Waals surface area contributed by atoms with Crippen molar-refractivity contribution in [1.29, 1.82) is 5.41 Å². The van der Waals surface area contributed by atoms with E-state index in [1.165, 1.54) is 42.4 Å². The van der Waals surface area contributed by atoms with E-state index in [0.717, 1.165) is 13.0 Å². The molecule has 1 aliphatic carbocycles. The second-order valence-electron chi connectivity index (χ2n) is 4.40. The molecule has 0 fully saturated rings. The van der Waals surface area contributed by atoms with E-state index >= 15 is 0 Å². The average molecular weight is 217 g/mol. The van der Waals surface area contributed by atoms with Crippen LogP contribution in [0.2, 0.25) is 0 Å². The fraction of sp³-hybridized carbons (Fsp3) is 0.462. The lowest BCUT2D eigenvalue weighted by atomic mass is 9.90. The SMILES string of the molecule is N=C(N)NCCc1ccc2c(c1)CCCC2. The van der Waals surface area contributed by atoms with Gasteiger partial charge in [0.25, 0.3) is 0 Å². The van der Waals surface area contributed by atoms with Crippen LogP contribution in [0.5, 0.6) is 0 Å². The molecule has 0 amide bonds. The molecule has 0 atom stereocenters. The highest BCUT2D eigenvalue weighted by atomic mass is 15.0. The minimum absolute atomic E-state index is 0.0537. The summed E-state index contributed by atoms with van der Waals surface area (Å²) in [4.78, 5) is 0. The first-order valence-corrected chi connectivity index (χ1v) is 5.94. The summed E-state index contributed by atoms with van der Waals surface area (Å²) in [5, 5.41) is 9.91. The van der Waals surface area contributed by atoms with Crippen molar-refractivity contribution >= 4 is 5.96 Å². The first-order valence-electron chi connectivity index (χ1n) is 5.94. The largest absolute Gasteiger partial charge is 0.370 e. The number of nitrogens with one attached hydrogen (secondary N) is 2. The van der Waals surface area contributed by atoms with Gasteiger partial charge in [-0.05, 0) is 48.8 Å². The molecule has 0 aliphatic heterocycles. The maximum absolute atomic E-state index is 7.08. The lowest BCUT2D eigenvalue weighted by Gasteiger charge is -2.16. The van der Waals surface area contributed by atoms with Crippen molar-refractivity contribution < 1.29 is 0 Å². The van der Waals surface area contributed by atoms with Crippen LogP contribution in [0.15, 0.2) is 18.2 Å². The third kappa shape index (κ3) is 2.75. The van der Waals surface area contributed by atoms with E-state index in [0.29, 0.717) is 0 Å². The van der Waals surface area contributed by atoms with Gasteiger partial charge in [0.1, 0.15) is 0 Å². The highest BCUT2D eigenvalue weighted by molar-refractivity contribution is 5.74. The number of benzene rings is 1. The van der Waals surface area contributed by atoms with Crippen molar-refractivity contribution in [1.82, 2.24) is 5.32 Å². The monoisotopic (exact) mass is 217 g/mol. The molecule has 0 saturated heterocycles. The molecule has 0 saturated carbocycles. The summed E-state index contributed by atoms with van der Waals surface area (Å²) in [7, 11) is 0. The Labute approximate surface area is 96.6 Å². The van der Waals surface area contributed by atoms with E-state index in [9.17, 15) is 0 Å². The van der Waals surface area contributed by atoms with Gasteiger partial charge < -0.3 is 11.1 Å². The Balaban J connectivity index is 1.97.